The van der Waals surface area contributed by atoms with Crippen molar-refractivity contribution in [1.82, 2.24) is 10.2 Å². The lowest BCUT2D eigenvalue weighted by Gasteiger charge is -2.38. The van der Waals surface area contributed by atoms with Crippen molar-refractivity contribution >= 4 is 5.69 Å². The molecule has 2 aliphatic rings. The number of nitrogens with one attached hydrogen (secondary N) is 1. The monoisotopic (exact) mass is 303 g/mol. The summed E-state index contributed by atoms with van der Waals surface area (Å²) in [6, 6.07) is 8.68. The van der Waals surface area contributed by atoms with Crippen LogP contribution in [0.5, 0.6) is 0 Å². The zero-order chi connectivity index (χ0) is 15.4. The predicted molar refractivity (Wildman–Crippen MR) is 91.3 cm³/mol. The van der Waals surface area contributed by atoms with Crippen LogP contribution in [0.2, 0.25) is 0 Å². The first-order valence-corrected chi connectivity index (χ1v) is 8.68. The first-order chi connectivity index (χ1) is 10.7. The molecule has 1 saturated carbocycles. The van der Waals surface area contributed by atoms with Crippen molar-refractivity contribution in [2.45, 2.75) is 38.3 Å². The minimum Gasteiger partial charge on any atom is -0.389 e. The molecule has 0 atom stereocenters. The normalized spacial score (nSPS) is 21.6. The maximum absolute atomic E-state index is 10.2. The Morgan fingerprint density at radius 2 is 1.86 bits per heavy atom. The standard InChI is InChI=1S/C18H29N3O/c1-2-20-10-12-21(13-11-20)17-7-4-3-6-16(17)14-19-15-18(22)8-5-9-18/h3-4,6-7,19,22H,2,5,8-15H2,1H3. The Balaban J connectivity index is 1.58. The molecule has 1 aliphatic heterocycles. The van der Waals surface area contributed by atoms with Crippen molar-refractivity contribution in [3.05, 3.63) is 29.8 Å². The van der Waals surface area contributed by atoms with Gasteiger partial charge in [0, 0.05) is 45.0 Å². The Labute approximate surface area is 134 Å². The summed E-state index contributed by atoms with van der Waals surface area (Å²) in [5.41, 5.74) is 2.25. The molecule has 4 nitrogen and oxygen atoms in total. The predicted octanol–water partition coefficient (Wildman–Crippen LogP) is 1.83. The largest absolute Gasteiger partial charge is 0.389 e. The van der Waals surface area contributed by atoms with Crippen molar-refractivity contribution in [2.24, 2.45) is 0 Å². The number of likely N-dealkylation sites (N-methyl/N-ethyl adjacent to an activating group) is 1. The molecule has 0 spiro atoms. The van der Waals surface area contributed by atoms with Crippen molar-refractivity contribution in [3.8, 4) is 0 Å². The molecule has 4 heteroatoms. The third-order valence-corrected chi connectivity index (χ3v) is 5.21. The van der Waals surface area contributed by atoms with Crippen LogP contribution in [0.25, 0.3) is 0 Å². The first-order valence-electron chi connectivity index (χ1n) is 8.68. The molecule has 1 aromatic rings. The van der Waals surface area contributed by atoms with E-state index < -0.39 is 5.60 Å². The second-order valence-electron chi connectivity index (χ2n) is 6.73. The van der Waals surface area contributed by atoms with E-state index in [9.17, 15) is 5.11 Å². The fourth-order valence-electron chi connectivity index (χ4n) is 3.47. The van der Waals surface area contributed by atoms with Crippen molar-refractivity contribution in [3.63, 3.8) is 0 Å². The molecular weight excluding hydrogens is 274 g/mol. The van der Waals surface area contributed by atoms with Crippen LogP contribution in [0.3, 0.4) is 0 Å². The number of benzene rings is 1. The molecule has 0 amide bonds. The lowest BCUT2D eigenvalue weighted by molar-refractivity contribution is -0.0314. The minimum atomic E-state index is -0.443. The summed E-state index contributed by atoms with van der Waals surface area (Å²) in [6.07, 6.45) is 3.05. The van der Waals surface area contributed by atoms with E-state index in [1.54, 1.807) is 0 Å². The molecule has 0 unspecified atom stereocenters. The molecule has 1 aromatic carbocycles. The van der Waals surface area contributed by atoms with Gasteiger partial charge in [-0.05, 0) is 37.4 Å². The second-order valence-corrected chi connectivity index (χ2v) is 6.73. The number of hydrogen-bond donors (Lipinski definition) is 2. The summed E-state index contributed by atoms with van der Waals surface area (Å²) in [4.78, 5) is 5.00. The Bertz CT molecular complexity index is 479. The van der Waals surface area contributed by atoms with E-state index in [0.717, 1.165) is 58.5 Å². The number of hydrogen-bond acceptors (Lipinski definition) is 4. The molecule has 22 heavy (non-hydrogen) atoms. The molecule has 1 saturated heterocycles. The average molecular weight is 303 g/mol. The van der Waals surface area contributed by atoms with E-state index in [-0.39, 0.29) is 0 Å². The summed E-state index contributed by atoms with van der Waals surface area (Å²) in [5, 5.41) is 13.6. The summed E-state index contributed by atoms with van der Waals surface area (Å²) >= 11 is 0. The van der Waals surface area contributed by atoms with Gasteiger partial charge in [-0.2, -0.15) is 0 Å². The van der Waals surface area contributed by atoms with Gasteiger partial charge in [-0.25, -0.2) is 0 Å². The van der Waals surface area contributed by atoms with E-state index in [1.807, 2.05) is 0 Å². The maximum Gasteiger partial charge on any atom is 0.0771 e. The fourth-order valence-corrected chi connectivity index (χ4v) is 3.47. The quantitative estimate of drug-likeness (QED) is 0.841. The average Bonchev–Trinajstić information content (AvgIpc) is 2.54. The van der Waals surface area contributed by atoms with Crippen LogP contribution in [-0.2, 0) is 6.54 Å². The van der Waals surface area contributed by atoms with Crippen LogP contribution >= 0.6 is 0 Å². The molecule has 0 aromatic heterocycles. The molecule has 1 aliphatic carbocycles. The zero-order valence-corrected chi connectivity index (χ0v) is 13.7. The number of aliphatic hydroxyl groups is 1. The number of anilines is 1. The van der Waals surface area contributed by atoms with Gasteiger partial charge in [0.05, 0.1) is 5.60 Å². The van der Waals surface area contributed by atoms with Gasteiger partial charge in [-0.15, -0.1) is 0 Å². The fraction of sp³-hybridized carbons (Fsp3) is 0.667. The third kappa shape index (κ3) is 3.62. The highest BCUT2D eigenvalue weighted by Crippen LogP contribution is 2.31. The van der Waals surface area contributed by atoms with Gasteiger partial charge in [-0.3, -0.25) is 0 Å². The number of nitrogens with zero attached hydrogens (tertiary/aromatic N) is 2. The molecule has 2 N–H and O–H groups in total. The van der Waals surface area contributed by atoms with Gasteiger partial charge in [0.25, 0.3) is 0 Å². The van der Waals surface area contributed by atoms with E-state index in [0.29, 0.717) is 6.54 Å². The van der Waals surface area contributed by atoms with Crippen LogP contribution in [0.4, 0.5) is 5.69 Å². The molecule has 2 fully saturated rings. The SMILES string of the molecule is CCN1CCN(c2ccccc2CNCC2(O)CCC2)CC1. The highest BCUT2D eigenvalue weighted by molar-refractivity contribution is 5.54. The molecule has 3 rings (SSSR count). The summed E-state index contributed by atoms with van der Waals surface area (Å²) < 4.78 is 0. The van der Waals surface area contributed by atoms with Gasteiger partial charge in [-0.1, -0.05) is 25.1 Å². The molecular formula is C18H29N3O. The third-order valence-electron chi connectivity index (χ3n) is 5.21. The number of para-hydroxylation sites is 1. The van der Waals surface area contributed by atoms with Crippen LogP contribution < -0.4 is 10.2 Å². The lowest BCUT2D eigenvalue weighted by Crippen LogP contribution is -2.47. The molecule has 0 radical (unpaired) electrons. The van der Waals surface area contributed by atoms with Crippen LogP contribution in [0, 0.1) is 0 Å². The number of piperazine rings is 1. The highest BCUT2D eigenvalue weighted by Gasteiger charge is 2.33. The van der Waals surface area contributed by atoms with Gasteiger partial charge in [0.15, 0.2) is 0 Å². The second kappa shape index (κ2) is 6.99. The maximum atomic E-state index is 10.2. The summed E-state index contributed by atoms with van der Waals surface area (Å²) in [5.74, 6) is 0. The van der Waals surface area contributed by atoms with Gasteiger partial charge in [0.1, 0.15) is 0 Å². The van der Waals surface area contributed by atoms with E-state index >= 15 is 0 Å². The van der Waals surface area contributed by atoms with E-state index in [2.05, 4.69) is 46.3 Å². The Hall–Kier alpha value is -1.10. The van der Waals surface area contributed by atoms with Crippen LogP contribution in [0.15, 0.2) is 24.3 Å². The van der Waals surface area contributed by atoms with Crippen molar-refractivity contribution < 1.29 is 5.11 Å². The van der Waals surface area contributed by atoms with Gasteiger partial charge >= 0.3 is 0 Å². The summed E-state index contributed by atoms with van der Waals surface area (Å²) in [7, 11) is 0. The lowest BCUT2D eigenvalue weighted by atomic mass is 9.80. The Morgan fingerprint density at radius 1 is 1.14 bits per heavy atom. The Morgan fingerprint density at radius 3 is 2.50 bits per heavy atom. The highest BCUT2D eigenvalue weighted by atomic mass is 16.3. The van der Waals surface area contributed by atoms with E-state index in [1.165, 1.54) is 11.3 Å². The molecule has 0 bridgehead atoms. The number of rotatable bonds is 6. The summed E-state index contributed by atoms with van der Waals surface area (Å²) in [6.45, 7) is 9.45. The van der Waals surface area contributed by atoms with E-state index in [4.69, 9.17) is 0 Å². The van der Waals surface area contributed by atoms with Crippen molar-refractivity contribution in [2.75, 3.05) is 44.2 Å². The van der Waals surface area contributed by atoms with Crippen molar-refractivity contribution in [1.29, 1.82) is 0 Å². The van der Waals surface area contributed by atoms with Crippen LogP contribution in [-0.4, -0.2) is 54.9 Å². The van der Waals surface area contributed by atoms with Crippen LogP contribution in [0.1, 0.15) is 31.7 Å². The topological polar surface area (TPSA) is 38.7 Å². The van der Waals surface area contributed by atoms with Gasteiger partial charge in [0.2, 0.25) is 0 Å². The van der Waals surface area contributed by atoms with Gasteiger partial charge < -0.3 is 20.2 Å². The molecule has 122 valence electrons. The molecule has 1 heterocycles. The first kappa shape index (κ1) is 15.8. The zero-order valence-electron chi connectivity index (χ0n) is 13.7. The Kier molecular flexibility index (Phi) is 5.01. The smallest absolute Gasteiger partial charge is 0.0771 e. The minimum absolute atomic E-state index is 0.443.